The largest absolute Gasteiger partial charge is 0.351 e. The quantitative estimate of drug-likeness (QED) is 0.772. The van der Waals surface area contributed by atoms with Crippen LogP contribution in [-0.4, -0.2) is 56.1 Å². The number of amides is 2. The Kier molecular flexibility index (Phi) is 6.17. The Morgan fingerprint density at radius 3 is 2.54 bits per heavy atom. The first-order valence-corrected chi connectivity index (χ1v) is 11.3. The van der Waals surface area contributed by atoms with E-state index in [0.717, 1.165) is 16.9 Å². The SMILES string of the molecule is CN(C)C(=O)c1ccc(CNC(=O)[C@@H]2CCCN2S(=O)(=O)c2cccs2)cc1. The van der Waals surface area contributed by atoms with Gasteiger partial charge in [-0.15, -0.1) is 11.3 Å². The highest BCUT2D eigenvalue weighted by molar-refractivity contribution is 7.91. The second-order valence-electron chi connectivity index (χ2n) is 6.82. The lowest BCUT2D eigenvalue weighted by Crippen LogP contribution is -2.45. The number of carbonyl (C=O) groups excluding carboxylic acids is 2. The second kappa shape index (κ2) is 8.42. The van der Waals surface area contributed by atoms with Gasteiger partial charge in [-0.25, -0.2) is 8.42 Å². The molecule has 2 aromatic rings. The smallest absolute Gasteiger partial charge is 0.253 e. The van der Waals surface area contributed by atoms with Crippen molar-refractivity contribution in [2.24, 2.45) is 0 Å². The third-order valence-corrected chi connectivity index (χ3v) is 7.92. The number of benzene rings is 1. The summed E-state index contributed by atoms with van der Waals surface area (Å²) in [5, 5.41) is 4.53. The summed E-state index contributed by atoms with van der Waals surface area (Å²) >= 11 is 1.15. The highest BCUT2D eigenvalue weighted by Crippen LogP contribution is 2.28. The van der Waals surface area contributed by atoms with Crippen molar-refractivity contribution in [2.75, 3.05) is 20.6 Å². The van der Waals surface area contributed by atoms with E-state index in [1.54, 1.807) is 55.9 Å². The van der Waals surface area contributed by atoms with Gasteiger partial charge >= 0.3 is 0 Å². The van der Waals surface area contributed by atoms with Crippen molar-refractivity contribution in [3.05, 3.63) is 52.9 Å². The highest BCUT2D eigenvalue weighted by Gasteiger charge is 2.39. The molecule has 0 unspecified atom stereocenters. The minimum atomic E-state index is -3.65. The first-order chi connectivity index (χ1) is 13.3. The number of nitrogens with one attached hydrogen (secondary N) is 1. The van der Waals surface area contributed by atoms with Crippen LogP contribution >= 0.6 is 11.3 Å². The van der Waals surface area contributed by atoms with Gasteiger partial charge in [0.15, 0.2) is 0 Å². The lowest BCUT2D eigenvalue weighted by molar-refractivity contribution is -0.124. The molecule has 1 aromatic carbocycles. The van der Waals surface area contributed by atoms with Gasteiger partial charge in [-0.1, -0.05) is 18.2 Å². The normalized spacial score (nSPS) is 17.4. The lowest BCUT2D eigenvalue weighted by Gasteiger charge is -2.22. The molecule has 150 valence electrons. The summed E-state index contributed by atoms with van der Waals surface area (Å²) in [6.07, 6.45) is 1.16. The zero-order chi connectivity index (χ0) is 20.3. The molecule has 28 heavy (non-hydrogen) atoms. The summed E-state index contributed by atoms with van der Waals surface area (Å²) in [6.45, 7) is 0.623. The van der Waals surface area contributed by atoms with Crippen molar-refractivity contribution < 1.29 is 18.0 Å². The van der Waals surface area contributed by atoms with E-state index in [1.165, 1.54) is 9.21 Å². The fourth-order valence-electron chi connectivity index (χ4n) is 3.15. The van der Waals surface area contributed by atoms with E-state index in [9.17, 15) is 18.0 Å². The second-order valence-corrected chi connectivity index (χ2v) is 9.89. The molecule has 0 spiro atoms. The molecule has 1 aromatic heterocycles. The Labute approximate surface area is 169 Å². The van der Waals surface area contributed by atoms with Crippen molar-refractivity contribution in [2.45, 2.75) is 29.6 Å². The number of sulfonamides is 1. The molecule has 7 nitrogen and oxygen atoms in total. The van der Waals surface area contributed by atoms with Crippen LogP contribution in [0.15, 0.2) is 46.0 Å². The van der Waals surface area contributed by atoms with Gasteiger partial charge in [0.05, 0.1) is 0 Å². The van der Waals surface area contributed by atoms with Gasteiger partial charge in [-0.3, -0.25) is 9.59 Å². The predicted octanol–water partition coefficient (Wildman–Crippen LogP) is 1.92. The summed E-state index contributed by atoms with van der Waals surface area (Å²) in [6, 6.07) is 9.55. The van der Waals surface area contributed by atoms with Gasteiger partial charge in [0, 0.05) is 32.7 Å². The van der Waals surface area contributed by atoms with E-state index in [4.69, 9.17) is 0 Å². The Balaban J connectivity index is 1.64. The summed E-state index contributed by atoms with van der Waals surface area (Å²) in [4.78, 5) is 26.1. The molecule has 1 fully saturated rings. The number of hydrogen-bond acceptors (Lipinski definition) is 5. The van der Waals surface area contributed by atoms with Crippen LogP contribution in [0.5, 0.6) is 0 Å². The number of rotatable bonds is 6. The van der Waals surface area contributed by atoms with Crippen LogP contribution in [-0.2, 0) is 21.4 Å². The van der Waals surface area contributed by atoms with E-state index in [0.29, 0.717) is 24.9 Å². The maximum atomic E-state index is 12.8. The van der Waals surface area contributed by atoms with Crippen molar-refractivity contribution in [1.29, 1.82) is 0 Å². The van der Waals surface area contributed by atoms with Crippen LogP contribution < -0.4 is 5.32 Å². The number of hydrogen-bond donors (Lipinski definition) is 1. The lowest BCUT2D eigenvalue weighted by atomic mass is 10.1. The molecular formula is C19H23N3O4S2. The fraction of sp³-hybridized carbons (Fsp3) is 0.368. The molecule has 2 amide bonds. The Bertz CT molecular complexity index is 938. The van der Waals surface area contributed by atoms with E-state index >= 15 is 0 Å². The minimum Gasteiger partial charge on any atom is -0.351 e. The van der Waals surface area contributed by atoms with Crippen LogP contribution in [0.25, 0.3) is 0 Å². The summed E-state index contributed by atoms with van der Waals surface area (Å²) in [7, 11) is -0.270. The van der Waals surface area contributed by atoms with Crippen LogP contribution in [0.4, 0.5) is 0 Å². The van der Waals surface area contributed by atoms with E-state index in [1.807, 2.05) is 0 Å². The monoisotopic (exact) mass is 421 g/mol. The van der Waals surface area contributed by atoms with E-state index in [2.05, 4.69) is 5.32 Å². The number of thiophene rings is 1. The summed E-state index contributed by atoms with van der Waals surface area (Å²) in [5.41, 5.74) is 1.42. The van der Waals surface area contributed by atoms with Gasteiger partial charge in [-0.2, -0.15) is 4.31 Å². The van der Waals surface area contributed by atoms with E-state index < -0.39 is 16.1 Å². The van der Waals surface area contributed by atoms with Crippen LogP contribution in [0, 0.1) is 0 Å². The molecule has 0 radical (unpaired) electrons. The zero-order valence-electron chi connectivity index (χ0n) is 15.8. The highest BCUT2D eigenvalue weighted by atomic mass is 32.2. The third kappa shape index (κ3) is 4.26. The molecule has 9 heteroatoms. The Hall–Kier alpha value is -2.23. The van der Waals surface area contributed by atoms with E-state index in [-0.39, 0.29) is 22.6 Å². The number of carbonyl (C=O) groups is 2. The molecule has 1 atom stereocenters. The maximum Gasteiger partial charge on any atom is 0.253 e. The van der Waals surface area contributed by atoms with Crippen LogP contribution in [0.2, 0.25) is 0 Å². The molecule has 0 saturated carbocycles. The Morgan fingerprint density at radius 2 is 1.93 bits per heavy atom. The van der Waals surface area contributed by atoms with Crippen LogP contribution in [0.3, 0.4) is 0 Å². The summed E-state index contributed by atoms with van der Waals surface area (Å²) in [5.74, 6) is -0.387. The molecular weight excluding hydrogens is 398 g/mol. The molecule has 1 aliphatic rings. The molecule has 1 N–H and O–H groups in total. The van der Waals surface area contributed by atoms with Crippen molar-refractivity contribution >= 4 is 33.2 Å². The molecule has 2 heterocycles. The van der Waals surface area contributed by atoms with Gasteiger partial charge in [0.2, 0.25) is 5.91 Å². The van der Waals surface area contributed by atoms with Crippen LogP contribution in [0.1, 0.15) is 28.8 Å². The third-order valence-electron chi connectivity index (χ3n) is 4.64. The van der Waals surface area contributed by atoms with Crippen molar-refractivity contribution in [3.63, 3.8) is 0 Å². The topological polar surface area (TPSA) is 86.8 Å². The van der Waals surface area contributed by atoms with Crippen molar-refractivity contribution in [3.8, 4) is 0 Å². The maximum absolute atomic E-state index is 12.8. The van der Waals surface area contributed by atoms with Gasteiger partial charge in [0.1, 0.15) is 10.3 Å². The van der Waals surface area contributed by atoms with Gasteiger partial charge in [0.25, 0.3) is 15.9 Å². The molecule has 1 aliphatic heterocycles. The minimum absolute atomic E-state index is 0.0871. The molecule has 0 aliphatic carbocycles. The number of nitrogens with zero attached hydrogens (tertiary/aromatic N) is 2. The molecule has 1 saturated heterocycles. The molecule has 3 rings (SSSR count). The summed E-state index contributed by atoms with van der Waals surface area (Å²) < 4.78 is 27.1. The average Bonchev–Trinajstić information content (AvgIpc) is 3.38. The fourth-order valence-corrected chi connectivity index (χ4v) is 5.92. The average molecular weight is 422 g/mol. The Morgan fingerprint density at radius 1 is 1.21 bits per heavy atom. The van der Waals surface area contributed by atoms with Crippen molar-refractivity contribution in [1.82, 2.24) is 14.5 Å². The first-order valence-electron chi connectivity index (χ1n) is 8.94. The molecule has 0 bridgehead atoms. The first kappa shape index (κ1) is 20.5. The predicted molar refractivity (Wildman–Crippen MR) is 108 cm³/mol. The zero-order valence-corrected chi connectivity index (χ0v) is 17.4. The standard InChI is InChI=1S/C19H23N3O4S2/c1-21(2)19(24)15-9-7-14(8-10-15)13-20-18(23)16-5-3-11-22(16)28(25,26)17-6-4-12-27-17/h4,6-10,12,16H,3,5,11,13H2,1-2H3,(H,20,23)/t16-/m0/s1. The van der Waals surface area contributed by atoms with Gasteiger partial charge in [-0.05, 0) is 42.0 Å². The van der Waals surface area contributed by atoms with Gasteiger partial charge < -0.3 is 10.2 Å².